The number of hydrogen-bond donors (Lipinski definition) is 3. The largest absolute Gasteiger partial charge is 0.497 e. The van der Waals surface area contributed by atoms with Gasteiger partial charge >= 0.3 is 0 Å². The highest BCUT2D eigenvalue weighted by molar-refractivity contribution is 14.0. The van der Waals surface area contributed by atoms with Crippen LogP contribution in [0.1, 0.15) is 29.7 Å². The van der Waals surface area contributed by atoms with E-state index in [1.54, 1.807) is 32.4 Å². The van der Waals surface area contributed by atoms with Crippen molar-refractivity contribution in [1.82, 2.24) is 10.6 Å². The van der Waals surface area contributed by atoms with E-state index in [-0.39, 0.29) is 24.0 Å². The van der Waals surface area contributed by atoms with E-state index in [2.05, 4.69) is 40.7 Å². The molecule has 0 spiro atoms. The van der Waals surface area contributed by atoms with E-state index in [1.165, 1.54) is 5.56 Å². The highest BCUT2D eigenvalue weighted by Crippen LogP contribution is 2.26. The Morgan fingerprint density at radius 2 is 1.75 bits per heavy atom. The molecule has 1 atom stereocenters. The Morgan fingerprint density at radius 3 is 2.32 bits per heavy atom. The number of aryl methyl sites for hydroxylation is 1. The Balaban J connectivity index is 0.00000392. The van der Waals surface area contributed by atoms with Crippen molar-refractivity contribution in [3.8, 4) is 11.5 Å². The molecule has 7 heteroatoms. The fraction of sp³-hybridized carbons (Fsp3) is 0.381. The molecule has 0 aliphatic carbocycles. The van der Waals surface area contributed by atoms with Crippen LogP contribution in [-0.2, 0) is 6.54 Å². The number of guanidine groups is 1. The molecule has 0 fully saturated rings. The number of benzene rings is 2. The van der Waals surface area contributed by atoms with E-state index in [1.807, 2.05) is 13.0 Å². The lowest BCUT2D eigenvalue weighted by Crippen LogP contribution is -2.39. The van der Waals surface area contributed by atoms with E-state index < -0.39 is 6.10 Å². The van der Waals surface area contributed by atoms with E-state index >= 15 is 0 Å². The minimum absolute atomic E-state index is 0. The van der Waals surface area contributed by atoms with Crippen LogP contribution in [0.15, 0.2) is 47.5 Å². The molecule has 0 saturated carbocycles. The lowest BCUT2D eigenvalue weighted by Gasteiger charge is -2.17. The molecule has 0 radical (unpaired) electrons. The summed E-state index contributed by atoms with van der Waals surface area (Å²) >= 11 is 0. The van der Waals surface area contributed by atoms with Crippen molar-refractivity contribution in [2.75, 3.05) is 27.3 Å². The summed E-state index contributed by atoms with van der Waals surface area (Å²) in [7, 11) is 3.18. The van der Waals surface area contributed by atoms with E-state index in [0.717, 1.165) is 12.1 Å². The van der Waals surface area contributed by atoms with E-state index in [9.17, 15) is 5.11 Å². The number of aliphatic hydroxyl groups excluding tert-OH is 1. The Bertz CT molecular complexity index is 746. The molecule has 6 nitrogen and oxygen atoms in total. The van der Waals surface area contributed by atoms with Gasteiger partial charge in [0.1, 0.15) is 11.5 Å². The molecule has 154 valence electrons. The summed E-state index contributed by atoms with van der Waals surface area (Å²) in [5.74, 6) is 1.94. The molecular weight excluding hydrogens is 469 g/mol. The minimum Gasteiger partial charge on any atom is -0.497 e. The Labute approximate surface area is 184 Å². The zero-order valence-electron chi connectivity index (χ0n) is 16.9. The van der Waals surface area contributed by atoms with Gasteiger partial charge in [0.15, 0.2) is 5.96 Å². The summed E-state index contributed by atoms with van der Waals surface area (Å²) < 4.78 is 10.5. The van der Waals surface area contributed by atoms with Crippen LogP contribution in [0.5, 0.6) is 11.5 Å². The lowest BCUT2D eigenvalue weighted by atomic mass is 10.1. The van der Waals surface area contributed by atoms with Gasteiger partial charge in [0.2, 0.25) is 0 Å². The average molecular weight is 499 g/mol. The Kier molecular flexibility index (Phi) is 10.7. The first kappa shape index (κ1) is 24.0. The maximum Gasteiger partial charge on any atom is 0.191 e. The van der Waals surface area contributed by atoms with E-state index in [0.29, 0.717) is 36.1 Å². The van der Waals surface area contributed by atoms with Crippen molar-refractivity contribution in [1.29, 1.82) is 0 Å². The molecule has 0 saturated heterocycles. The van der Waals surface area contributed by atoms with Gasteiger partial charge in [0.25, 0.3) is 0 Å². The number of methoxy groups -OCH3 is 2. The first-order valence-electron chi connectivity index (χ1n) is 9.04. The van der Waals surface area contributed by atoms with Crippen molar-refractivity contribution < 1.29 is 14.6 Å². The third kappa shape index (κ3) is 7.55. The molecule has 0 aromatic heterocycles. The fourth-order valence-electron chi connectivity index (χ4n) is 2.66. The number of ether oxygens (including phenoxy) is 2. The number of aliphatic hydroxyl groups is 1. The Morgan fingerprint density at radius 1 is 1.07 bits per heavy atom. The molecule has 28 heavy (non-hydrogen) atoms. The van der Waals surface area contributed by atoms with Gasteiger partial charge in [0.05, 0.1) is 26.9 Å². The van der Waals surface area contributed by atoms with Crippen LogP contribution in [0.2, 0.25) is 0 Å². The van der Waals surface area contributed by atoms with Gasteiger partial charge in [-0.2, -0.15) is 0 Å². The zero-order chi connectivity index (χ0) is 19.6. The van der Waals surface area contributed by atoms with Gasteiger partial charge in [-0.25, -0.2) is 4.99 Å². The number of hydrogen-bond acceptors (Lipinski definition) is 4. The van der Waals surface area contributed by atoms with Crippen LogP contribution in [0.25, 0.3) is 0 Å². The molecule has 0 aliphatic heterocycles. The SMILES string of the molecule is CCNC(=NCc1cccc(C)c1)NCC(O)c1cc(OC)cc(OC)c1.I. The van der Waals surface area contributed by atoms with Crippen LogP contribution in [0.4, 0.5) is 0 Å². The molecular formula is C21H30IN3O3. The quantitative estimate of drug-likeness (QED) is 0.295. The number of halogens is 1. The number of aliphatic imine (C=N–C) groups is 1. The number of rotatable bonds is 8. The molecule has 0 heterocycles. The van der Waals surface area contributed by atoms with Gasteiger partial charge in [0, 0.05) is 19.2 Å². The lowest BCUT2D eigenvalue weighted by molar-refractivity contribution is 0.180. The standard InChI is InChI=1S/C21H29N3O3.HI/c1-5-22-21(23-13-16-8-6-7-15(2)9-16)24-14-20(25)17-10-18(26-3)12-19(11-17)27-4;/h6-12,20,25H,5,13-14H2,1-4H3,(H2,22,23,24);1H. The first-order chi connectivity index (χ1) is 13.0. The molecule has 2 aromatic carbocycles. The second-order valence-electron chi connectivity index (χ2n) is 6.23. The third-order valence-electron chi connectivity index (χ3n) is 4.07. The molecule has 1 unspecified atom stereocenters. The molecule has 2 rings (SSSR count). The first-order valence-corrected chi connectivity index (χ1v) is 9.04. The van der Waals surface area contributed by atoms with Crippen molar-refractivity contribution >= 4 is 29.9 Å². The normalized spacial score (nSPS) is 12.0. The van der Waals surface area contributed by atoms with Gasteiger partial charge < -0.3 is 25.2 Å². The minimum atomic E-state index is -0.725. The van der Waals surface area contributed by atoms with Crippen molar-refractivity contribution in [3.63, 3.8) is 0 Å². The maximum absolute atomic E-state index is 10.5. The summed E-state index contributed by atoms with van der Waals surface area (Å²) in [6.07, 6.45) is -0.725. The van der Waals surface area contributed by atoms with Crippen LogP contribution >= 0.6 is 24.0 Å². The topological polar surface area (TPSA) is 75.1 Å². The second-order valence-corrected chi connectivity index (χ2v) is 6.23. The van der Waals surface area contributed by atoms with Crippen LogP contribution in [0, 0.1) is 6.92 Å². The predicted molar refractivity (Wildman–Crippen MR) is 124 cm³/mol. The maximum atomic E-state index is 10.5. The second kappa shape index (κ2) is 12.5. The van der Waals surface area contributed by atoms with Crippen LogP contribution in [0.3, 0.4) is 0 Å². The highest BCUT2D eigenvalue weighted by atomic mass is 127. The van der Waals surface area contributed by atoms with Gasteiger partial charge in [-0.1, -0.05) is 29.8 Å². The highest BCUT2D eigenvalue weighted by Gasteiger charge is 2.12. The summed E-state index contributed by atoms with van der Waals surface area (Å²) in [4.78, 5) is 4.59. The zero-order valence-corrected chi connectivity index (χ0v) is 19.2. The van der Waals surface area contributed by atoms with Gasteiger partial charge in [-0.3, -0.25) is 0 Å². The third-order valence-corrected chi connectivity index (χ3v) is 4.07. The average Bonchev–Trinajstić information content (AvgIpc) is 2.69. The monoisotopic (exact) mass is 499 g/mol. The smallest absolute Gasteiger partial charge is 0.191 e. The Hall–Kier alpha value is -2.00. The van der Waals surface area contributed by atoms with Crippen LogP contribution < -0.4 is 20.1 Å². The van der Waals surface area contributed by atoms with Crippen molar-refractivity contribution in [2.45, 2.75) is 26.5 Å². The summed E-state index contributed by atoms with van der Waals surface area (Å²) in [6, 6.07) is 13.6. The van der Waals surface area contributed by atoms with Gasteiger partial charge in [-0.05, 0) is 37.1 Å². The van der Waals surface area contributed by atoms with E-state index in [4.69, 9.17) is 9.47 Å². The predicted octanol–water partition coefficient (Wildman–Crippen LogP) is 3.42. The molecule has 3 N–H and O–H groups in total. The van der Waals surface area contributed by atoms with Crippen LogP contribution in [-0.4, -0.2) is 38.4 Å². The molecule has 0 amide bonds. The van der Waals surface area contributed by atoms with Gasteiger partial charge in [-0.15, -0.1) is 24.0 Å². The number of nitrogens with one attached hydrogen (secondary N) is 2. The molecule has 2 aromatic rings. The fourth-order valence-corrected chi connectivity index (χ4v) is 2.66. The number of nitrogens with zero attached hydrogens (tertiary/aromatic N) is 1. The summed E-state index contributed by atoms with van der Waals surface area (Å²) in [5, 5.41) is 16.9. The summed E-state index contributed by atoms with van der Waals surface area (Å²) in [5.41, 5.74) is 3.07. The summed E-state index contributed by atoms with van der Waals surface area (Å²) in [6.45, 7) is 5.70. The molecule has 0 aliphatic rings. The van der Waals surface area contributed by atoms with Crippen molar-refractivity contribution in [2.24, 2.45) is 4.99 Å². The molecule has 0 bridgehead atoms. The van der Waals surface area contributed by atoms with Crippen molar-refractivity contribution in [3.05, 3.63) is 59.2 Å².